The lowest BCUT2D eigenvalue weighted by Gasteiger charge is -2.07. The number of anilines is 1. The first-order chi connectivity index (χ1) is 16.5. The van der Waals surface area contributed by atoms with Crippen LogP contribution in [0.3, 0.4) is 0 Å². The highest BCUT2D eigenvalue weighted by Gasteiger charge is 2.11. The van der Waals surface area contributed by atoms with E-state index >= 15 is 0 Å². The van der Waals surface area contributed by atoms with Crippen molar-refractivity contribution in [3.05, 3.63) is 101 Å². The zero-order valence-electron chi connectivity index (χ0n) is 18.6. The van der Waals surface area contributed by atoms with Crippen molar-refractivity contribution in [1.29, 1.82) is 0 Å². The Morgan fingerprint density at radius 2 is 1.71 bits per heavy atom. The highest BCUT2D eigenvalue weighted by molar-refractivity contribution is 6.31. The summed E-state index contributed by atoms with van der Waals surface area (Å²) in [5, 5.41) is 3.60. The molecule has 1 amide bonds. The van der Waals surface area contributed by atoms with Crippen LogP contribution in [0.2, 0.25) is 5.02 Å². The van der Waals surface area contributed by atoms with Crippen LogP contribution in [0.5, 0.6) is 0 Å². The molecule has 0 saturated heterocycles. The van der Waals surface area contributed by atoms with Gasteiger partial charge in [0.25, 0.3) is 0 Å². The fourth-order valence-corrected chi connectivity index (χ4v) is 3.74. The number of hydrogen-bond donors (Lipinski definition) is 1. The predicted octanol–water partition coefficient (Wildman–Crippen LogP) is 7.68. The number of amides is 1. The van der Waals surface area contributed by atoms with Gasteiger partial charge in [0.1, 0.15) is 17.0 Å². The minimum atomic E-state index is -0.269. The number of carbonyl (C=O) groups excluding carboxylic acids is 1. The molecule has 0 saturated carbocycles. The molecule has 5 nitrogen and oxygen atoms in total. The van der Waals surface area contributed by atoms with Crippen LogP contribution in [0.4, 0.5) is 5.69 Å². The number of furan rings is 1. The number of oxazole rings is 1. The van der Waals surface area contributed by atoms with E-state index < -0.39 is 0 Å². The maximum atomic E-state index is 12.6. The fourth-order valence-electron chi connectivity index (χ4n) is 3.56. The van der Waals surface area contributed by atoms with Crippen LogP contribution in [-0.2, 0) is 4.79 Å². The summed E-state index contributed by atoms with van der Waals surface area (Å²) >= 11 is 6.22. The van der Waals surface area contributed by atoms with Crippen molar-refractivity contribution in [3.63, 3.8) is 0 Å². The average molecular weight is 469 g/mol. The first kappa shape index (κ1) is 21.7. The molecule has 2 aromatic heterocycles. The van der Waals surface area contributed by atoms with Gasteiger partial charge in [-0.3, -0.25) is 4.79 Å². The molecule has 0 radical (unpaired) electrons. The van der Waals surface area contributed by atoms with Gasteiger partial charge in [0, 0.05) is 27.9 Å². The predicted molar refractivity (Wildman–Crippen MR) is 136 cm³/mol. The lowest BCUT2D eigenvalue weighted by atomic mass is 10.1. The quantitative estimate of drug-likeness (QED) is 0.268. The smallest absolute Gasteiger partial charge is 0.248 e. The third-order valence-electron chi connectivity index (χ3n) is 5.52. The number of carbonyl (C=O) groups is 1. The van der Waals surface area contributed by atoms with Crippen LogP contribution < -0.4 is 5.32 Å². The Bertz CT molecular complexity index is 1510. The molecule has 0 atom stereocenters. The van der Waals surface area contributed by atoms with E-state index in [1.165, 1.54) is 6.08 Å². The second-order valence-electron chi connectivity index (χ2n) is 8.01. The van der Waals surface area contributed by atoms with E-state index in [-0.39, 0.29) is 5.91 Å². The number of benzene rings is 3. The Morgan fingerprint density at radius 3 is 2.53 bits per heavy atom. The van der Waals surface area contributed by atoms with E-state index in [1.807, 2.05) is 86.6 Å². The Hall–Kier alpha value is -4.09. The maximum Gasteiger partial charge on any atom is 0.248 e. The highest BCUT2D eigenvalue weighted by Crippen LogP contribution is 2.29. The van der Waals surface area contributed by atoms with Crippen molar-refractivity contribution in [2.45, 2.75) is 13.8 Å². The van der Waals surface area contributed by atoms with Gasteiger partial charge in [-0.05, 0) is 73.5 Å². The number of nitrogens with one attached hydrogen (secondary N) is 1. The van der Waals surface area contributed by atoms with E-state index in [0.29, 0.717) is 28.1 Å². The standard InChI is InChI=1S/C28H21ClN2O3/c1-17-7-9-19(15-22(17)29)25-13-11-21(33-25)12-14-27(32)30-24-16-20(10-8-18(24)2)28-31-23-5-3-4-6-26(23)34-28/h3-16H,1-2H3,(H,30,32)/b14-12+. The second kappa shape index (κ2) is 9.04. The summed E-state index contributed by atoms with van der Waals surface area (Å²) < 4.78 is 11.7. The number of rotatable bonds is 5. The van der Waals surface area contributed by atoms with E-state index in [1.54, 1.807) is 6.08 Å². The third kappa shape index (κ3) is 4.51. The summed E-state index contributed by atoms with van der Waals surface area (Å²) in [5.41, 5.74) is 5.79. The largest absolute Gasteiger partial charge is 0.457 e. The van der Waals surface area contributed by atoms with Crippen LogP contribution in [0, 0.1) is 13.8 Å². The number of fused-ring (bicyclic) bond motifs is 1. The van der Waals surface area contributed by atoms with E-state index in [9.17, 15) is 4.79 Å². The summed E-state index contributed by atoms with van der Waals surface area (Å²) in [5.74, 6) is 1.49. The number of nitrogens with zero attached hydrogens (tertiary/aromatic N) is 1. The molecule has 0 fully saturated rings. The number of aromatic nitrogens is 1. The Kier molecular flexibility index (Phi) is 5.78. The van der Waals surface area contributed by atoms with Crippen molar-refractivity contribution in [2.24, 2.45) is 0 Å². The van der Waals surface area contributed by atoms with Gasteiger partial charge in [-0.2, -0.15) is 0 Å². The first-order valence-corrected chi connectivity index (χ1v) is 11.2. The monoisotopic (exact) mass is 468 g/mol. The summed E-state index contributed by atoms with van der Waals surface area (Å²) in [7, 11) is 0. The van der Waals surface area contributed by atoms with Gasteiger partial charge >= 0.3 is 0 Å². The average Bonchev–Trinajstić information content (AvgIpc) is 3.48. The van der Waals surface area contributed by atoms with E-state index in [0.717, 1.165) is 33.4 Å². The van der Waals surface area contributed by atoms with Crippen molar-refractivity contribution >= 4 is 40.4 Å². The lowest BCUT2D eigenvalue weighted by Crippen LogP contribution is -2.09. The summed E-state index contributed by atoms with van der Waals surface area (Å²) in [6.07, 6.45) is 3.07. The van der Waals surface area contributed by atoms with Crippen molar-refractivity contribution < 1.29 is 13.6 Å². The van der Waals surface area contributed by atoms with Gasteiger partial charge in [0.05, 0.1) is 0 Å². The van der Waals surface area contributed by atoms with Crippen LogP contribution in [0.1, 0.15) is 16.9 Å². The van der Waals surface area contributed by atoms with Crippen LogP contribution >= 0.6 is 11.6 Å². The molecular formula is C28H21ClN2O3. The van der Waals surface area contributed by atoms with Crippen LogP contribution in [0.15, 0.2) is 87.7 Å². The van der Waals surface area contributed by atoms with Gasteiger partial charge in [-0.15, -0.1) is 0 Å². The van der Waals surface area contributed by atoms with Crippen molar-refractivity contribution in [3.8, 4) is 22.8 Å². The van der Waals surface area contributed by atoms with E-state index in [2.05, 4.69) is 10.3 Å². The molecule has 0 bridgehead atoms. The highest BCUT2D eigenvalue weighted by atomic mass is 35.5. The molecule has 1 N–H and O–H groups in total. The third-order valence-corrected chi connectivity index (χ3v) is 5.93. The van der Waals surface area contributed by atoms with Gasteiger partial charge in [0.2, 0.25) is 11.8 Å². The lowest BCUT2D eigenvalue weighted by molar-refractivity contribution is -0.111. The molecule has 0 aliphatic heterocycles. The molecule has 0 aliphatic rings. The Morgan fingerprint density at radius 1 is 0.912 bits per heavy atom. The Balaban J connectivity index is 1.31. The summed E-state index contributed by atoms with van der Waals surface area (Å²) in [4.78, 5) is 17.1. The number of para-hydroxylation sites is 2. The van der Waals surface area contributed by atoms with Gasteiger partial charge in [-0.1, -0.05) is 41.9 Å². The molecule has 2 heterocycles. The van der Waals surface area contributed by atoms with E-state index in [4.69, 9.17) is 20.4 Å². The van der Waals surface area contributed by atoms with Gasteiger partial charge < -0.3 is 14.2 Å². The van der Waals surface area contributed by atoms with Crippen LogP contribution in [0.25, 0.3) is 40.0 Å². The molecule has 34 heavy (non-hydrogen) atoms. The number of aryl methyl sites for hydroxylation is 2. The molecule has 0 unspecified atom stereocenters. The topological polar surface area (TPSA) is 68.3 Å². The molecular weight excluding hydrogens is 448 g/mol. The Labute approximate surface area is 201 Å². The zero-order valence-corrected chi connectivity index (χ0v) is 19.4. The second-order valence-corrected chi connectivity index (χ2v) is 8.41. The fraction of sp³-hybridized carbons (Fsp3) is 0.0714. The number of hydrogen-bond acceptors (Lipinski definition) is 4. The molecule has 3 aromatic carbocycles. The minimum Gasteiger partial charge on any atom is -0.457 e. The number of halogens is 1. The first-order valence-electron chi connectivity index (χ1n) is 10.8. The minimum absolute atomic E-state index is 0.269. The van der Waals surface area contributed by atoms with Gasteiger partial charge in [-0.25, -0.2) is 4.98 Å². The van der Waals surface area contributed by atoms with Crippen molar-refractivity contribution in [2.75, 3.05) is 5.32 Å². The summed E-state index contributed by atoms with van der Waals surface area (Å²) in [6, 6.07) is 22.7. The molecule has 5 rings (SSSR count). The SMILES string of the molecule is Cc1ccc(-c2ccc(/C=C/C(=O)Nc3cc(-c4nc5ccccc5o4)ccc3C)o2)cc1Cl. The maximum absolute atomic E-state index is 12.6. The molecule has 6 heteroatoms. The summed E-state index contributed by atoms with van der Waals surface area (Å²) in [6.45, 7) is 3.88. The van der Waals surface area contributed by atoms with Gasteiger partial charge in [0.15, 0.2) is 5.58 Å². The van der Waals surface area contributed by atoms with Crippen molar-refractivity contribution in [1.82, 2.24) is 4.98 Å². The van der Waals surface area contributed by atoms with Crippen LogP contribution in [-0.4, -0.2) is 10.9 Å². The molecule has 0 aliphatic carbocycles. The zero-order chi connectivity index (χ0) is 23.7. The molecule has 168 valence electrons. The molecule has 5 aromatic rings. The molecule has 0 spiro atoms. The normalized spacial score (nSPS) is 11.4.